The van der Waals surface area contributed by atoms with Crippen molar-refractivity contribution in [3.63, 3.8) is 0 Å². The lowest BCUT2D eigenvalue weighted by Crippen LogP contribution is -2.43. The van der Waals surface area contributed by atoms with Crippen molar-refractivity contribution in [2.24, 2.45) is 0 Å². The molecule has 1 aromatic heterocycles. The molecular formula is C12H17N5O3. The molecule has 2 aliphatic heterocycles. The molecule has 2 aliphatic rings. The monoisotopic (exact) mass is 279 g/mol. The van der Waals surface area contributed by atoms with Crippen LogP contribution in [0.4, 0.5) is 17.5 Å². The van der Waals surface area contributed by atoms with Crippen LogP contribution in [0.1, 0.15) is 18.5 Å². The zero-order valence-corrected chi connectivity index (χ0v) is 11.5. The first-order valence-corrected chi connectivity index (χ1v) is 6.69. The average Bonchev–Trinajstić information content (AvgIpc) is 2.75. The van der Waals surface area contributed by atoms with Crippen LogP contribution in [0.15, 0.2) is 0 Å². The van der Waals surface area contributed by atoms with Crippen molar-refractivity contribution in [1.82, 2.24) is 9.97 Å². The maximum atomic E-state index is 11.3. The Labute approximate surface area is 116 Å². The minimum atomic E-state index is -0.401. The van der Waals surface area contributed by atoms with Crippen molar-refractivity contribution in [3.05, 3.63) is 15.8 Å². The number of nitro groups is 1. The number of nitrogens with one attached hydrogen (secondary N) is 1. The van der Waals surface area contributed by atoms with Gasteiger partial charge in [-0.1, -0.05) is 0 Å². The molecule has 2 fully saturated rings. The van der Waals surface area contributed by atoms with Gasteiger partial charge in [0.25, 0.3) is 0 Å². The van der Waals surface area contributed by atoms with Gasteiger partial charge in [-0.15, -0.1) is 0 Å². The summed E-state index contributed by atoms with van der Waals surface area (Å²) in [5.41, 5.74) is 0.369. The van der Waals surface area contributed by atoms with Crippen molar-refractivity contribution in [3.8, 4) is 0 Å². The van der Waals surface area contributed by atoms with E-state index in [1.54, 1.807) is 14.0 Å². The lowest BCUT2D eigenvalue weighted by molar-refractivity contribution is -0.385. The smallest absolute Gasteiger partial charge is 0.332 e. The second-order valence-corrected chi connectivity index (χ2v) is 5.17. The van der Waals surface area contributed by atoms with E-state index in [1.165, 1.54) is 0 Å². The SMILES string of the molecule is CNc1nc(C)c([N+](=O)[O-])c(N2CC3CCC(C2)O3)n1. The Balaban J connectivity index is 2.02. The average molecular weight is 279 g/mol. The molecular weight excluding hydrogens is 262 g/mol. The third-order valence-electron chi connectivity index (χ3n) is 3.79. The molecule has 1 aromatic rings. The Morgan fingerprint density at radius 1 is 1.35 bits per heavy atom. The van der Waals surface area contributed by atoms with Crippen LogP contribution >= 0.6 is 0 Å². The van der Waals surface area contributed by atoms with Gasteiger partial charge in [0.05, 0.1) is 17.1 Å². The van der Waals surface area contributed by atoms with E-state index >= 15 is 0 Å². The van der Waals surface area contributed by atoms with Gasteiger partial charge >= 0.3 is 5.69 Å². The summed E-state index contributed by atoms with van der Waals surface area (Å²) in [6.07, 6.45) is 2.33. The van der Waals surface area contributed by atoms with Gasteiger partial charge in [0.1, 0.15) is 5.69 Å². The highest BCUT2D eigenvalue weighted by molar-refractivity contribution is 5.62. The molecule has 0 spiro atoms. The number of anilines is 2. The van der Waals surface area contributed by atoms with E-state index in [1.807, 2.05) is 4.90 Å². The van der Waals surface area contributed by atoms with E-state index in [0.29, 0.717) is 30.5 Å². The third kappa shape index (κ3) is 2.15. The second kappa shape index (κ2) is 4.86. The number of rotatable bonds is 3. The summed E-state index contributed by atoms with van der Waals surface area (Å²) in [6, 6.07) is 0. The van der Waals surface area contributed by atoms with Gasteiger partial charge in [-0.25, -0.2) is 4.98 Å². The van der Waals surface area contributed by atoms with Crippen molar-refractivity contribution >= 4 is 17.5 Å². The summed E-state index contributed by atoms with van der Waals surface area (Å²) in [7, 11) is 1.70. The Bertz CT molecular complexity index is 538. The molecule has 1 N–H and O–H groups in total. The highest BCUT2D eigenvalue weighted by atomic mass is 16.6. The van der Waals surface area contributed by atoms with E-state index in [-0.39, 0.29) is 17.9 Å². The van der Waals surface area contributed by atoms with E-state index in [2.05, 4.69) is 15.3 Å². The van der Waals surface area contributed by atoms with E-state index in [0.717, 1.165) is 12.8 Å². The number of hydrogen-bond donors (Lipinski definition) is 1. The number of ether oxygens (including phenoxy) is 1. The fraction of sp³-hybridized carbons (Fsp3) is 0.667. The first kappa shape index (κ1) is 13.0. The summed E-state index contributed by atoms with van der Waals surface area (Å²) < 4.78 is 5.77. The van der Waals surface area contributed by atoms with Gasteiger partial charge in [0.15, 0.2) is 0 Å². The fourth-order valence-corrected chi connectivity index (χ4v) is 2.89. The third-order valence-corrected chi connectivity index (χ3v) is 3.79. The number of aromatic nitrogens is 2. The quantitative estimate of drug-likeness (QED) is 0.654. The molecule has 2 saturated heterocycles. The minimum absolute atomic E-state index is 0.00898. The highest BCUT2D eigenvalue weighted by Gasteiger charge is 2.37. The molecule has 8 heteroatoms. The van der Waals surface area contributed by atoms with Crippen LogP contribution in [0.25, 0.3) is 0 Å². The van der Waals surface area contributed by atoms with E-state index < -0.39 is 4.92 Å². The molecule has 0 aliphatic carbocycles. The molecule has 0 saturated carbocycles. The van der Waals surface area contributed by atoms with Crippen LogP contribution in [0, 0.1) is 17.0 Å². The predicted octanol–water partition coefficient (Wildman–Crippen LogP) is 1.10. The van der Waals surface area contributed by atoms with Crippen LogP contribution in [-0.4, -0.2) is 47.2 Å². The van der Waals surface area contributed by atoms with Crippen molar-refractivity contribution in [2.75, 3.05) is 30.4 Å². The van der Waals surface area contributed by atoms with E-state index in [4.69, 9.17) is 4.74 Å². The first-order chi connectivity index (χ1) is 9.58. The molecule has 3 heterocycles. The van der Waals surface area contributed by atoms with Crippen LogP contribution in [0.3, 0.4) is 0 Å². The van der Waals surface area contributed by atoms with Crippen LogP contribution in [0.2, 0.25) is 0 Å². The Morgan fingerprint density at radius 2 is 2.00 bits per heavy atom. The molecule has 0 radical (unpaired) electrons. The largest absolute Gasteiger partial charge is 0.371 e. The lowest BCUT2D eigenvalue weighted by atomic mass is 10.2. The predicted molar refractivity (Wildman–Crippen MR) is 73.1 cm³/mol. The fourth-order valence-electron chi connectivity index (χ4n) is 2.89. The maximum Gasteiger partial charge on any atom is 0.332 e. The summed E-state index contributed by atoms with van der Waals surface area (Å²) in [5, 5.41) is 14.2. The zero-order chi connectivity index (χ0) is 14.3. The van der Waals surface area contributed by atoms with Gasteiger partial charge in [-0.05, 0) is 19.8 Å². The van der Waals surface area contributed by atoms with Gasteiger partial charge < -0.3 is 15.0 Å². The summed E-state index contributed by atoms with van der Waals surface area (Å²) >= 11 is 0. The summed E-state index contributed by atoms with van der Waals surface area (Å²) in [4.78, 5) is 21.3. The zero-order valence-electron chi connectivity index (χ0n) is 11.5. The van der Waals surface area contributed by atoms with Crippen LogP contribution in [-0.2, 0) is 4.74 Å². The Kier molecular flexibility index (Phi) is 3.17. The molecule has 108 valence electrons. The summed E-state index contributed by atoms with van der Waals surface area (Å²) in [6.45, 7) is 2.94. The molecule has 2 bridgehead atoms. The number of morpholine rings is 1. The number of fused-ring (bicyclic) bond motifs is 2. The number of nitrogens with zero attached hydrogens (tertiary/aromatic N) is 4. The van der Waals surface area contributed by atoms with Crippen molar-refractivity contribution in [2.45, 2.75) is 32.0 Å². The van der Waals surface area contributed by atoms with Crippen molar-refractivity contribution < 1.29 is 9.66 Å². The lowest BCUT2D eigenvalue weighted by Gasteiger charge is -2.32. The summed E-state index contributed by atoms with van der Waals surface area (Å²) in [5.74, 6) is 0.800. The van der Waals surface area contributed by atoms with Crippen LogP contribution < -0.4 is 10.2 Å². The van der Waals surface area contributed by atoms with E-state index in [9.17, 15) is 10.1 Å². The molecule has 0 aromatic carbocycles. The molecule has 0 amide bonds. The Hall–Kier alpha value is -1.96. The minimum Gasteiger partial charge on any atom is -0.371 e. The Morgan fingerprint density at radius 3 is 2.55 bits per heavy atom. The molecule has 2 unspecified atom stereocenters. The molecule has 2 atom stereocenters. The number of aryl methyl sites for hydroxylation is 1. The maximum absolute atomic E-state index is 11.3. The van der Waals surface area contributed by atoms with Crippen molar-refractivity contribution in [1.29, 1.82) is 0 Å². The second-order valence-electron chi connectivity index (χ2n) is 5.17. The van der Waals surface area contributed by atoms with Gasteiger partial charge in [-0.2, -0.15) is 4.98 Å². The van der Waals surface area contributed by atoms with Gasteiger partial charge in [-0.3, -0.25) is 10.1 Å². The van der Waals surface area contributed by atoms with Gasteiger partial charge in [0.2, 0.25) is 11.8 Å². The normalized spacial score (nSPS) is 24.8. The standard InChI is InChI=1S/C12H17N5O3/c1-7-10(17(18)19)11(15-12(13-2)14-7)16-5-8-3-4-9(6-16)20-8/h8-9H,3-6H2,1-2H3,(H,13,14,15). The highest BCUT2D eigenvalue weighted by Crippen LogP contribution is 2.35. The topological polar surface area (TPSA) is 93.4 Å². The molecule has 3 rings (SSSR count). The number of hydrogen-bond acceptors (Lipinski definition) is 7. The molecule has 8 nitrogen and oxygen atoms in total. The van der Waals surface area contributed by atoms with Crippen LogP contribution in [0.5, 0.6) is 0 Å². The first-order valence-electron chi connectivity index (χ1n) is 6.69. The van der Waals surface area contributed by atoms with Gasteiger partial charge in [0, 0.05) is 20.1 Å². The molecule has 20 heavy (non-hydrogen) atoms.